The molecule has 2 fully saturated rings. The first-order valence-corrected chi connectivity index (χ1v) is 12.3. The molecule has 14 heteroatoms. The van der Waals surface area contributed by atoms with E-state index in [1.807, 2.05) is 0 Å². The van der Waals surface area contributed by atoms with Crippen molar-refractivity contribution in [2.45, 2.75) is 36.8 Å². The number of nitrogens with zero attached hydrogens (tertiary/aromatic N) is 2. The summed E-state index contributed by atoms with van der Waals surface area (Å²) in [6, 6.07) is 6.18. The second kappa shape index (κ2) is 10.3. The van der Waals surface area contributed by atoms with E-state index in [2.05, 4.69) is 5.32 Å². The molecule has 0 aromatic heterocycles. The minimum atomic E-state index is -1.73. The average Bonchev–Trinajstić information content (AvgIpc) is 3.22. The number of morpholine rings is 1. The molecule has 5 rings (SSSR count). The third-order valence-corrected chi connectivity index (χ3v) is 7.28. The summed E-state index contributed by atoms with van der Waals surface area (Å²) >= 11 is 0. The first-order valence-electron chi connectivity index (χ1n) is 12.3. The fourth-order valence-corrected chi connectivity index (χ4v) is 5.17. The Labute approximate surface area is 232 Å². The summed E-state index contributed by atoms with van der Waals surface area (Å²) in [6.45, 7) is 0.422. The van der Waals surface area contributed by atoms with Crippen LogP contribution in [0.4, 0.5) is 0 Å². The van der Waals surface area contributed by atoms with Crippen LogP contribution in [0.1, 0.15) is 45.9 Å². The molecule has 0 spiro atoms. The van der Waals surface area contributed by atoms with Crippen LogP contribution in [-0.4, -0.2) is 98.5 Å². The SMILES string of the molecule is [B]c1c(C([B])Oc2cccc3c2CN(C2CCC(=O)NC2=O)C3=O)ccc(C([B])([B])N2CCOCC2=O)c1[B]. The van der Waals surface area contributed by atoms with Crippen LogP contribution in [0.15, 0.2) is 30.3 Å². The van der Waals surface area contributed by atoms with Crippen LogP contribution in [0, 0.1) is 0 Å². The number of carbonyl (C=O) groups excluding carboxylic acids is 4. The molecular weight excluding hydrogens is 492 g/mol. The normalized spacial score (nSPS) is 20.6. The molecule has 2 aromatic carbocycles. The number of hydrogen-bond acceptors (Lipinski definition) is 6. The minimum Gasteiger partial charge on any atom is -0.496 e. The first-order chi connectivity index (χ1) is 18.5. The van der Waals surface area contributed by atoms with E-state index in [0.29, 0.717) is 22.4 Å². The number of amides is 4. The lowest BCUT2D eigenvalue weighted by atomic mass is 9.53. The van der Waals surface area contributed by atoms with Gasteiger partial charge in [0.15, 0.2) is 0 Å². The lowest BCUT2D eigenvalue weighted by molar-refractivity contribution is -0.145. The molecule has 9 nitrogen and oxygen atoms in total. The maximum Gasteiger partial charge on any atom is 0.255 e. The highest BCUT2D eigenvalue weighted by Crippen LogP contribution is 2.35. The third-order valence-electron chi connectivity index (χ3n) is 7.28. The predicted octanol–water partition coefficient (Wildman–Crippen LogP) is -2.41. The Bertz CT molecular complexity index is 1390. The molecule has 1 N–H and O–H groups in total. The lowest BCUT2D eigenvalue weighted by Crippen LogP contribution is -2.58. The minimum absolute atomic E-state index is 0.0494. The van der Waals surface area contributed by atoms with Crippen LogP contribution >= 0.6 is 0 Å². The molecule has 3 heterocycles. The maximum atomic E-state index is 13.1. The van der Waals surface area contributed by atoms with Crippen molar-refractivity contribution in [2.24, 2.45) is 0 Å². The number of fused-ring (bicyclic) bond motifs is 1. The summed E-state index contributed by atoms with van der Waals surface area (Å²) in [5.74, 6) is -1.27. The van der Waals surface area contributed by atoms with Crippen LogP contribution in [-0.2, 0) is 31.0 Å². The molecule has 0 aliphatic carbocycles. The van der Waals surface area contributed by atoms with E-state index >= 15 is 0 Å². The largest absolute Gasteiger partial charge is 0.496 e. The van der Waals surface area contributed by atoms with Gasteiger partial charge in [-0.2, -0.15) is 0 Å². The van der Waals surface area contributed by atoms with Gasteiger partial charge in [-0.15, -0.1) is 0 Å². The maximum absolute atomic E-state index is 13.1. The quantitative estimate of drug-likeness (QED) is 0.342. The van der Waals surface area contributed by atoms with E-state index < -0.39 is 23.3 Å². The van der Waals surface area contributed by atoms with E-state index in [0.717, 1.165) is 0 Å². The van der Waals surface area contributed by atoms with E-state index in [4.69, 9.17) is 48.7 Å². The molecule has 186 valence electrons. The van der Waals surface area contributed by atoms with Crippen molar-refractivity contribution in [3.63, 3.8) is 0 Å². The van der Waals surface area contributed by atoms with Crippen molar-refractivity contribution in [2.75, 3.05) is 19.8 Å². The summed E-state index contributed by atoms with van der Waals surface area (Å²) in [4.78, 5) is 52.0. The van der Waals surface area contributed by atoms with Gasteiger partial charge in [-0.05, 0) is 35.0 Å². The standard InChI is InChI=1S/C25H20B5N3O6/c26-20-13(4-5-15(21(20)27)25(29,30)33-8-9-38-11-19(33)35)22(28)39-17-3-1-2-12-14(17)10-32(24(12)37)16-6-7-18(34)31-23(16)36/h1-5,16,22H,6-11H2,(H,31,34,36). The highest BCUT2D eigenvalue weighted by atomic mass is 16.5. The smallest absolute Gasteiger partial charge is 0.255 e. The molecule has 39 heavy (non-hydrogen) atoms. The Morgan fingerprint density at radius 1 is 1.08 bits per heavy atom. The lowest BCUT2D eigenvalue weighted by Gasteiger charge is -2.44. The number of rotatable bonds is 6. The van der Waals surface area contributed by atoms with Gasteiger partial charge in [-0.1, -0.05) is 29.1 Å². The van der Waals surface area contributed by atoms with Crippen LogP contribution < -0.4 is 21.0 Å². The topological polar surface area (TPSA) is 105 Å². The van der Waals surface area contributed by atoms with Crippen molar-refractivity contribution in [3.8, 4) is 5.75 Å². The molecule has 2 atom stereocenters. The predicted molar refractivity (Wildman–Crippen MR) is 145 cm³/mol. The molecule has 3 aliphatic heterocycles. The molecule has 2 aromatic rings. The molecule has 0 saturated carbocycles. The van der Waals surface area contributed by atoms with Gasteiger partial charge in [0.1, 0.15) is 41.9 Å². The fourth-order valence-electron chi connectivity index (χ4n) is 5.17. The average molecular weight is 513 g/mol. The summed E-state index contributed by atoms with van der Waals surface area (Å²) in [6.07, 6.45) is 0.385. The fraction of sp³-hybridized carbons (Fsp3) is 0.360. The molecule has 2 unspecified atom stereocenters. The van der Waals surface area contributed by atoms with Crippen molar-refractivity contribution in [3.05, 3.63) is 52.6 Å². The number of imide groups is 1. The van der Waals surface area contributed by atoms with Gasteiger partial charge in [-0.25, -0.2) is 0 Å². The van der Waals surface area contributed by atoms with Crippen LogP contribution in [0.5, 0.6) is 5.75 Å². The molecule has 3 aliphatic rings. The highest BCUT2D eigenvalue weighted by molar-refractivity contribution is 6.52. The van der Waals surface area contributed by atoms with E-state index in [1.165, 1.54) is 15.9 Å². The van der Waals surface area contributed by atoms with Crippen LogP contribution in [0.25, 0.3) is 0 Å². The van der Waals surface area contributed by atoms with E-state index in [1.54, 1.807) is 24.3 Å². The van der Waals surface area contributed by atoms with Crippen molar-refractivity contribution in [1.82, 2.24) is 15.1 Å². The van der Waals surface area contributed by atoms with Gasteiger partial charge in [0.25, 0.3) is 5.91 Å². The van der Waals surface area contributed by atoms with Gasteiger partial charge < -0.3 is 19.3 Å². The summed E-state index contributed by atoms with van der Waals surface area (Å²) < 4.78 is 11.2. The first kappa shape index (κ1) is 27.2. The van der Waals surface area contributed by atoms with Gasteiger partial charge in [0.2, 0.25) is 17.7 Å². The molecule has 0 bridgehead atoms. The van der Waals surface area contributed by atoms with Gasteiger partial charge in [0.05, 0.1) is 34.8 Å². The summed E-state index contributed by atoms with van der Waals surface area (Å²) in [5.41, 5.74) is 1.63. The Balaban J connectivity index is 1.38. The Morgan fingerprint density at radius 3 is 2.56 bits per heavy atom. The van der Waals surface area contributed by atoms with E-state index in [9.17, 15) is 19.2 Å². The second-order valence-electron chi connectivity index (χ2n) is 9.67. The Kier molecular flexibility index (Phi) is 7.18. The van der Waals surface area contributed by atoms with Crippen molar-refractivity contribution >= 4 is 73.8 Å². The monoisotopic (exact) mass is 513 g/mol. The van der Waals surface area contributed by atoms with Crippen LogP contribution in [0.2, 0.25) is 0 Å². The molecule has 2 saturated heterocycles. The third kappa shape index (κ3) is 4.79. The number of benzene rings is 2. The zero-order valence-electron chi connectivity index (χ0n) is 21.0. The summed E-state index contributed by atoms with van der Waals surface area (Å²) in [5, 5.41) is 0.544. The van der Waals surface area contributed by atoms with Gasteiger partial charge in [-0.3, -0.25) is 24.5 Å². The second-order valence-corrected chi connectivity index (χ2v) is 9.67. The zero-order valence-corrected chi connectivity index (χ0v) is 21.0. The Morgan fingerprint density at radius 2 is 1.85 bits per heavy atom. The van der Waals surface area contributed by atoms with Gasteiger partial charge >= 0.3 is 0 Å². The van der Waals surface area contributed by atoms with E-state index in [-0.39, 0.29) is 73.4 Å². The van der Waals surface area contributed by atoms with Crippen molar-refractivity contribution < 1.29 is 28.7 Å². The number of ether oxygens (including phenoxy) is 2. The Hall–Kier alpha value is -3.40. The van der Waals surface area contributed by atoms with Crippen LogP contribution in [0.3, 0.4) is 0 Å². The van der Waals surface area contributed by atoms with Crippen molar-refractivity contribution in [1.29, 1.82) is 0 Å². The molecule has 10 radical (unpaired) electrons. The number of carbonyl (C=O) groups is 4. The van der Waals surface area contributed by atoms with Gasteiger partial charge in [0, 0.05) is 24.1 Å². The number of hydrogen-bond donors (Lipinski definition) is 1. The molecule has 4 amide bonds. The summed E-state index contributed by atoms with van der Waals surface area (Å²) in [7, 11) is 31.7. The number of piperidine rings is 1. The molecular formula is C25H20B5N3O6. The highest BCUT2D eigenvalue weighted by Gasteiger charge is 2.40. The zero-order chi connectivity index (χ0) is 28.1. The number of nitrogens with one attached hydrogen (secondary N) is 1.